The molecule has 3 aromatic rings. The first-order chi connectivity index (χ1) is 12.3. The first-order valence-corrected chi connectivity index (χ1v) is 8.87. The average Bonchev–Trinajstić information content (AvgIpc) is 2.92. The van der Waals surface area contributed by atoms with Crippen molar-refractivity contribution in [2.45, 2.75) is 25.7 Å². The summed E-state index contributed by atoms with van der Waals surface area (Å²) >= 11 is 0. The number of aromatic hydroxyl groups is 1. The summed E-state index contributed by atoms with van der Waals surface area (Å²) in [6.07, 6.45) is 4.99. The summed E-state index contributed by atoms with van der Waals surface area (Å²) in [5.41, 5.74) is 1.80. The first-order valence-electron chi connectivity index (χ1n) is 8.87. The van der Waals surface area contributed by atoms with Crippen LogP contribution in [0.3, 0.4) is 0 Å². The minimum Gasteiger partial charge on any atom is -0.508 e. The van der Waals surface area contributed by atoms with Gasteiger partial charge in [0.1, 0.15) is 11.6 Å². The zero-order valence-corrected chi connectivity index (χ0v) is 14.2. The van der Waals surface area contributed by atoms with Gasteiger partial charge in [-0.15, -0.1) is 0 Å². The van der Waals surface area contributed by atoms with Crippen molar-refractivity contribution in [2.75, 3.05) is 23.3 Å². The van der Waals surface area contributed by atoms with Crippen molar-refractivity contribution in [1.29, 1.82) is 0 Å². The maximum Gasteiger partial charge on any atom is 0.229 e. The molecule has 0 unspecified atom stereocenters. The third-order valence-corrected chi connectivity index (χ3v) is 4.61. The monoisotopic (exact) mass is 334 g/mol. The maximum atomic E-state index is 9.44. The van der Waals surface area contributed by atoms with Crippen LogP contribution in [0, 0.1) is 0 Å². The Bertz CT molecular complexity index is 855. The van der Waals surface area contributed by atoms with Crippen LogP contribution in [0.1, 0.15) is 25.7 Å². The number of fused-ring (bicyclic) bond motifs is 1. The molecule has 2 N–H and O–H groups in total. The van der Waals surface area contributed by atoms with Gasteiger partial charge in [0.15, 0.2) is 0 Å². The van der Waals surface area contributed by atoms with Crippen molar-refractivity contribution in [3.63, 3.8) is 0 Å². The Hall–Kier alpha value is -2.82. The average molecular weight is 334 g/mol. The Morgan fingerprint density at radius 2 is 1.56 bits per heavy atom. The van der Waals surface area contributed by atoms with Gasteiger partial charge >= 0.3 is 0 Å². The Kier molecular flexibility index (Phi) is 4.37. The second-order valence-corrected chi connectivity index (χ2v) is 6.46. The number of para-hydroxylation sites is 1. The SMILES string of the molecule is Oc1ccc(Nc2nc(N3CCCCCC3)c3ccccc3n2)cc1. The lowest BCUT2D eigenvalue weighted by Crippen LogP contribution is -2.25. The Labute approximate surface area is 147 Å². The van der Waals surface area contributed by atoms with E-state index in [1.54, 1.807) is 12.1 Å². The number of aromatic nitrogens is 2. The Balaban J connectivity index is 1.73. The quantitative estimate of drug-likeness (QED) is 0.693. The van der Waals surface area contributed by atoms with E-state index in [4.69, 9.17) is 4.98 Å². The highest BCUT2D eigenvalue weighted by molar-refractivity contribution is 5.90. The smallest absolute Gasteiger partial charge is 0.229 e. The molecule has 2 aromatic carbocycles. The van der Waals surface area contributed by atoms with Gasteiger partial charge in [0.25, 0.3) is 0 Å². The molecule has 1 fully saturated rings. The third kappa shape index (κ3) is 3.50. The van der Waals surface area contributed by atoms with Crippen molar-refractivity contribution < 1.29 is 5.11 Å². The van der Waals surface area contributed by atoms with E-state index in [0.29, 0.717) is 5.95 Å². The van der Waals surface area contributed by atoms with Gasteiger partial charge in [-0.25, -0.2) is 4.98 Å². The van der Waals surface area contributed by atoms with Crippen LogP contribution in [0.25, 0.3) is 10.9 Å². The molecule has 5 heteroatoms. The van der Waals surface area contributed by atoms with Crippen molar-refractivity contribution in [3.8, 4) is 5.75 Å². The Morgan fingerprint density at radius 1 is 0.840 bits per heavy atom. The molecule has 1 saturated heterocycles. The van der Waals surface area contributed by atoms with E-state index in [0.717, 1.165) is 35.5 Å². The molecular weight excluding hydrogens is 312 g/mol. The minimum atomic E-state index is 0.246. The van der Waals surface area contributed by atoms with Gasteiger partial charge in [-0.05, 0) is 49.2 Å². The normalized spacial score (nSPS) is 15.1. The number of hydrogen-bond donors (Lipinski definition) is 2. The predicted octanol–water partition coefficient (Wildman–Crippen LogP) is 4.46. The van der Waals surface area contributed by atoms with Crippen LogP contribution >= 0.6 is 0 Å². The number of benzene rings is 2. The zero-order valence-electron chi connectivity index (χ0n) is 14.2. The van der Waals surface area contributed by atoms with Crippen molar-refractivity contribution in [2.24, 2.45) is 0 Å². The number of phenols is 1. The molecule has 0 bridgehead atoms. The van der Waals surface area contributed by atoms with Gasteiger partial charge in [0.05, 0.1) is 5.52 Å². The summed E-state index contributed by atoms with van der Waals surface area (Å²) in [5, 5.41) is 13.8. The van der Waals surface area contributed by atoms with Gasteiger partial charge in [-0.1, -0.05) is 25.0 Å². The minimum absolute atomic E-state index is 0.246. The number of nitrogens with zero attached hydrogens (tertiary/aromatic N) is 3. The molecule has 0 radical (unpaired) electrons. The van der Waals surface area contributed by atoms with Gasteiger partial charge < -0.3 is 15.3 Å². The van der Waals surface area contributed by atoms with Gasteiger partial charge in [0, 0.05) is 24.2 Å². The summed E-state index contributed by atoms with van der Waals surface area (Å²) in [5.74, 6) is 1.84. The standard InChI is InChI=1S/C20H22N4O/c25-16-11-9-15(10-12-16)21-20-22-18-8-4-3-7-17(18)19(23-20)24-13-5-1-2-6-14-24/h3-4,7-12,25H,1-2,5-6,13-14H2,(H,21,22,23). The molecule has 0 atom stereocenters. The van der Waals surface area contributed by atoms with E-state index >= 15 is 0 Å². The van der Waals surface area contributed by atoms with E-state index in [2.05, 4.69) is 21.3 Å². The number of phenolic OH excluding ortho intramolecular Hbond substituents is 1. The number of hydrogen-bond acceptors (Lipinski definition) is 5. The molecule has 5 nitrogen and oxygen atoms in total. The third-order valence-electron chi connectivity index (χ3n) is 4.61. The maximum absolute atomic E-state index is 9.44. The van der Waals surface area contributed by atoms with Crippen molar-refractivity contribution in [1.82, 2.24) is 9.97 Å². The molecule has 0 spiro atoms. The number of anilines is 3. The summed E-state index contributed by atoms with van der Waals surface area (Å²) in [6, 6.07) is 15.1. The fourth-order valence-electron chi connectivity index (χ4n) is 3.31. The van der Waals surface area contributed by atoms with Crippen LogP contribution in [0.4, 0.5) is 17.5 Å². The topological polar surface area (TPSA) is 61.3 Å². The molecule has 0 amide bonds. The van der Waals surface area contributed by atoms with Crippen LogP contribution in [0.2, 0.25) is 0 Å². The number of rotatable bonds is 3. The molecular formula is C20H22N4O. The Morgan fingerprint density at radius 3 is 2.32 bits per heavy atom. The lowest BCUT2D eigenvalue weighted by molar-refractivity contribution is 0.475. The summed E-state index contributed by atoms with van der Waals surface area (Å²) in [4.78, 5) is 11.9. The van der Waals surface area contributed by atoms with Crippen molar-refractivity contribution in [3.05, 3.63) is 48.5 Å². The molecule has 1 aliphatic rings. The van der Waals surface area contributed by atoms with Crippen LogP contribution in [-0.2, 0) is 0 Å². The fraction of sp³-hybridized carbons (Fsp3) is 0.300. The highest BCUT2D eigenvalue weighted by Gasteiger charge is 2.16. The van der Waals surface area contributed by atoms with Gasteiger partial charge in [-0.3, -0.25) is 0 Å². The van der Waals surface area contributed by atoms with E-state index in [-0.39, 0.29) is 5.75 Å². The first kappa shape index (κ1) is 15.7. The second kappa shape index (κ2) is 6.97. The fourth-order valence-corrected chi connectivity index (χ4v) is 3.31. The molecule has 1 aliphatic heterocycles. The number of nitrogens with one attached hydrogen (secondary N) is 1. The molecule has 1 aromatic heterocycles. The summed E-state index contributed by atoms with van der Waals surface area (Å²) < 4.78 is 0. The molecule has 0 aliphatic carbocycles. The molecule has 2 heterocycles. The molecule has 4 rings (SSSR count). The summed E-state index contributed by atoms with van der Waals surface area (Å²) in [7, 11) is 0. The van der Waals surface area contributed by atoms with E-state index in [9.17, 15) is 5.11 Å². The van der Waals surface area contributed by atoms with E-state index < -0.39 is 0 Å². The van der Waals surface area contributed by atoms with Crippen LogP contribution in [-0.4, -0.2) is 28.2 Å². The lowest BCUT2D eigenvalue weighted by atomic mass is 10.2. The predicted molar refractivity (Wildman–Crippen MR) is 102 cm³/mol. The van der Waals surface area contributed by atoms with Crippen LogP contribution in [0.5, 0.6) is 5.75 Å². The highest BCUT2D eigenvalue weighted by Crippen LogP contribution is 2.28. The second-order valence-electron chi connectivity index (χ2n) is 6.46. The summed E-state index contributed by atoms with van der Waals surface area (Å²) in [6.45, 7) is 2.08. The molecule has 128 valence electrons. The highest BCUT2D eigenvalue weighted by atomic mass is 16.3. The van der Waals surface area contributed by atoms with Crippen LogP contribution in [0.15, 0.2) is 48.5 Å². The van der Waals surface area contributed by atoms with E-state index in [1.807, 2.05) is 30.3 Å². The van der Waals surface area contributed by atoms with Crippen LogP contribution < -0.4 is 10.2 Å². The molecule has 0 saturated carbocycles. The largest absolute Gasteiger partial charge is 0.508 e. The van der Waals surface area contributed by atoms with Gasteiger partial charge in [-0.2, -0.15) is 4.98 Å². The lowest BCUT2D eigenvalue weighted by Gasteiger charge is -2.23. The van der Waals surface area contributed by atoms with Gasteiger partial charge in [0.2, 0.25) is 5.95 Å². The van der Waals surface area contributed by atoms with Crippen molar-refractivity contribution >= 4 is 28.4 Å². The zero-order chi connectivity index (χ0) is 17.1. The van der Waals surface area contributed by atoms with E-state index in [1.165, 1.54) is 25.7 Å². The molecule has 25 heavy (non-hydrogen) atoms.